The second-order valence-corrected chi connectivity index (χ2v) is 6.70. The highest BCUT2D eigenvalue weighted by Gasteiger charge is 2.28. The Balaban J connectivity index is 1.80. The van der Waals surface area contributed by atoms with Crippen LogP contribution in [0.2, 0.25) is 0 Å². The molecule has 0 aromatic carbocycles. The van der Waals surface area contributed by atoms with E-state index in [0.717, 1.165) is 18.7 Å². The smallest absolute Gasteiger partial charge is 0.407 e. The number of hydrogen-bond donors (Lipinski definition) is 2. The molecule has 6 heteroatoms. The quantitative estimate of drug-likeness (QED) is 0.895. The lowest BCUT2D eigenvalue weighted by Crippen LogP contribution is -2.38. The molecule has 0 bridgehead atoms. The van der Waals surface area contributed by atoms with Crippen LogP contribution in [-0.2, 0) is 11.8 Å². The first-order valence-electron chi connectivity index (χ1n) is 7.56. The largest absolute Gasteiger partial charge is 0.444 e. The van der Waals surface area contributed by atoms with Crippen molar-refractivity contribution in [1.29, 1.82) is 0 Å². The fourth-order valence-corrected chi connectivity index (χ4v) is 2.68. The van der Waals surface area contributed by atoms with Gasteiger partial charge in [0.2, 0.25) is 0 Å². The molecule has 2 rings (SSSR count). The molecule has 1 amide bonds. The van der Waals surface area contributed by atoms with Crippen LogP contribution < -0.4 is 10.6 Å². The van der Waals surface area contributed by atoms with Gasteiger partial charge in [-0.1, -0.05) is 6.42 Å². The first kappa shape index (κ1) is 15.7. The van der Waals surface area contributed by atoms with Crippen molar-refractivity contribution in [2.24, 2.45) is 13.0 Å². The number of aryl methyl sites for hydroxylation is 1. The van der Waals surface area contributed by atoms with Crippen LogP contribution in [0.5, 0.6) is 0 Å². The molecule has 6 nitrogen and oxygen atoms in total. The summed E-state index contributed by atoms with van der Waals surface area (Å²) in [4.78, 5) is 11.7. The summed E-state index contributed by atoms with van der Waals surface area (Å²) in [5, 5.41) is 10.7. The van der Waals surface area contributed by atoms with Crippen LogP contribution >= 0.6 is 0 Å². The molecule has 1 aliphatic carbocycles. The average molecular weight is 294 g/mol. The van der Waals surface area contributed by atoms with Gasteiger partial charge in [-0.05, 0) is 39.5 Å². The molecular weight excluding hydrogens is 268 g/mol. The van der Waals surface area contributed by atoms with Gasteiger partial charge in [0.05, 0.1) is 0 Å². The minimum absolute atomic E-state index is 0.342. The zero-order valence-corrected chi connectivity index (χ0v) is 13.3. The molecule has 0 saturated heterocycles. The molecule has 2 N–H and O–H groups in total. The maximum absolute atomic E-state index is 11.7. The Morgan fingerprint density at radius 1 is 1.48 bits per heavy atom. The number of anilines is 1. The minimum Gasteiger partial charge on any atom is -0.444 e. The summed E-state index contributed by atoms with van der Waals surface area (Å²) in [7, 11) is 1.90. The van der Waals surface area contributed by atoms with Crippen LogP contribution in [0.1, 0.15) is 40.0 Å². The normalized spacial score (nSPS) is 22.1. The minimum atomic E-state index is -0.453. The lowest BCUT2D eigenvalue weighted by Gasteiger charge is -2.23. The molecule has 1 aliphatic rings. The Bertz CT molecular complexity index is 478. The molecule has 1 aromatic heterocycles. The zero-order valence-electron chi connectivity index (χ0n) is 13.3. The lowest BCUT2D eigenvalue weighted by molar-refractivity contribution is 0.0519. The van der Waals surface area contributed by atoms with Gasteiger partial charge in [0.1, 0.15) is 11.4 Å². The van der Waals surface area contributed by atoms with E-state index in [0.29, 0.717) is 18.5 Å². The summed E-state index contributed by atoms with van der Waals surface area (Å²) in [6, 6.07) is 2.33. The number of alkyl carbamates (subject to hydrolysis) is 1. The van der Waals surface area contributed by atoms with Crippen LogP contribution in [0.4, 0.5) is 10.6 Å². The molecule has 1 aromatic rings. The summed E-state index contributed by atoms with van der Waals surface area (Å²) in [6.45, 7) is 6.24. The maximum atomic E-state index is 11.7. The second-order valence-electron chi connectivity index (χ2n) is 6.70. The fraction of sp³-hybridized carbons (Fsp3) is 0.733. The molecule has 1 saturated carbocycles. The molecule has 21 heavy (non-hydrogen) atoms. The lowest BCUT2D eigenvalue weighted by atomic mass is 10.0. The van der Waals surface area contributed by atoms with E-state index in [-0.39, 0.29) is 6.09 Å². The number of nitrogens with zero attached hydrogens (tertiary/aromatic N) is 2. The first-order chi connectivity index (χ1) is 9.83. The number of nitrogens with one attached hydrogen (secondary N) is 2. The van der Waals surface area contributed by atoms with Crippen molar-refractivity contribution in [3.8, 4) is 0 Å². The van der Waals surface area contributed by atoms with Gasteiger partial charge in [-0.2, -0.15) is 5.10 Å². The van der Waals surface area contributed by atoms with Gasteiger partial charge < -0.3 is 15.4 Å². The van der Waals surface area contributed by atoms with Crippen LogP contribution in [0.3, 0.4) is 0 Å². The van der Waals surface area contributed by atoms with E-state index in [4.69, 9.17) is 4.74 Å². The highest BCUT2D eigenvalue weighted by atomic mass is 16.6. The molecule has 1 heterocycles. The summed E-state index contributed by atoms with van der Waals surface area (Å²) in [5.74, 6) is 1.31. The summed E-state index contributed by atoms with van der Waals surface area (Å²) >= 11 is 0. The Labute approximate surface area is 126 Å². The summed E-state index contributed by atoms with van der Waals surface area (Å²) < 4.78 is 7.05. The van der Waals surface area contributed by atoms with E-state index >= 15 is 0 Å². The Morgan fingerprint density at radius 3 is 2.86 bits per heavy atom. The van der Waals surface area contributed by atoms with E-state index in [2.05, 4.69) is 15.7 Å². The van der Waals surface area contributed by atoms with Crippen LogP contribution in [0.15, 0.2) is 12.3 Å². The standard InChI is InChI=1S/C15H26N4O2/c1-15(2,3)21-14(20)16-10-11-6-5-7-12(11)17-13-8-9-19(4)18-13/h8-9,11-12H,5-7,10H2,1-4H3,(H,16,20)(H,17,18). The molecule has 2 atom stereocenters. The topological polar surface area (TPSA) is 68.2 Å². The third-order valence-electron chi connectivity index (χ3n) is 3.61. The van der Waals surface area contributed by atoms with Gasteiger partial charge >= 0.3 is 6.09 Å². The molecule has 118 valence electrons. The van der Waals surface area contributed by atoms with Crippen LogP contribution in [0, 0.1) is 5.92 Å². The number of ether oxygens (including phenoxy) is 1. The Morgan fingerprint density at radius 2 is 2.24 bits per heavy atom. The van der Waals surface area contributed by atoms with E-state index in [1.807, 2.05) is 40.1 Å². The fourth-order valence-electron chi connectivity index (χ4n) is 2.68. The number of amides is 1. The van der Waals surface area contributed by atoms with Crippen molar-refractivity contribution < 1.29 is 9.53 Å². The van der Waals surface area contributed by atoms with Crippen molar-refractivity contribution >= 4 is 11.9 Å². The van der Waals surface area contributed by atoms with E-state index in [1.165, 1.54) is 6.42 Å². The average Bonchev–Trinajstić information content (AvgIpc) is 2.94. The predicted octanol–water partition coefficient (Wildman–Crippen LogP) is 2.53. The molecule has 2 unspecified atom stereocenters. The molecule has 0 aliphatic heterocycles. The van der Waals surface area contributed by atoms with E-state index < -0.39 is 5.60 Å². The maximum Gasteiger partial charge on any atom is 0.407 e. The van der Waals surface area contributed by atoms with Gasteiger partial charge in [0, 0.05) is 31.9 Å². The van der Waals surface area contributed by atoms with Gasteiger partial charge in [-0.25, -0.2) is 4.79 Å². The highest BCUT2D eigenvalue weighted by molar-refractivity contribution is 5.67. The molecule has 1 fully saturated rings. The number of aromatic nitrogens is 2. The van der Waals surface area contributed by atoms with Crippen LogP contribution in [0.25, 0.3) is 0 Å². The summed E-state index contributed by atoms with van der Waals surface area (Å²) in [6.07, 6.45) is 4.97. The first-order valence-corrected chi connectivity index (χ1v) is 7.56. The monoisotopic (exact) mass is 294 g/mol. The second kappa shape index (κ2) is 6.37. The SMILES string of the molecule is Cn1ccc(NC2CCCC2CNC(=O)OC(C)(C)C)n1. The number of hydrogen-bond acceptors (Lipinski definition) is 4. The zero-order chi connectivity index (χ0) is 15.5. The molecule has 0 spiro atoms. The number of rotatable bonds is 4. The van der Waals surface area contributed by atoms with Crippen molar-refractivity contribution in [3.63, 3.8) is 0 Å². The predicted molar refractivity (Wildman–Crippen MR) is 82.2 cm³/mol. The number of carbonyl (C=O) groups excluding carboxylic acids is 1. The van der Waals surface area contributed by atoms with Crippen LogP contribution in [-0.4, -0.2) is 34.1 Å². The Hall–Kier alpha value is -1.72. The molecule has 0 radical (unpaired) electrons. The van der Waals surface area contributed by atoms with E-state index in [9.17, 15) is 4.79 Å². The van der Waals surface area contributed by atoms with Crippen molar-refractivity contribution in [2.75, 3.05) is 11.9 Å². The Kier molecular flexibility index (Phi) is 4.75. The van der Waals surface area contributed by atoms with Crippen molar-refractivity contribution in [2.45, 2.75) is 51.7 Å². The van der Waals surface area contributed by atoms with Gasteiger partial charge in [0.15, 0.2) is 0 Å². The van der Waals surface area contributed by atoms with Gasteiger partial charge in [0.25, 0.3) is 0 Å². The van der Waals surface area contributed by atoms with Crippen molar-refractivity contribution in [3.05, 3.63) is 12.3 Å². The van der Waals surface area contributed by atoms with Gasteiger partial charge in [-0.3, -0.25) is 4.68 Å². The third kappa shape index (κ3) is 4.95. The van der Waals surface area contributed by atoms with E-state index in [1.54, 1.807) is 4.68 Å². The number of carbonyl (C=O) groups is 1. The van der Waals surface area contributed by atoms with Gasteiger partial charge in [-0.15, -0.1) is 0 Å². The highest BCUT2D eigenvalue weighted by Crippen LogP contribution is 2.27. The molecular formula is C15H26N4O2. The van der Waals surface area contributed by atoms with Crippen molar-refractivity contribution in [1.82, 2.24) is 15.1 Å². The third-order valence-corrected chi connectivity index (χ3v) is 3.61. The summed E-state index contributed by atoms with van der Waals surface area (Å²) in [5.41, 5.74) is -0.453.